The summed E-state index contributed by atoms with van der Waals surface area (Å²) in [6.45, 7) is 1.79. The van der Waals surface area contributed by atoms with Crippen molar-refractivity contribution in [1.82, 2.24) is 0 Å². The molecule has 0 amide bonds. The van der Waals surface area contributed by atoms with Crippen molar-refractivity contribution in [3.05, 3.63) is 65.5 Å². The molecule has 3 heteroatoms. The summed E-state index contributed by atoms with van der Waals surface area (Å²) in [5.74, 6) is 0.559. The Bertz CT molecular complexity index is 576. The minimum absolute atomic E-state index is 0.265. The molecule has 0 radical (unpaired) electrons. The van der Waals surface area contributed by atoms with Crippen LogP contribution in [0.1, 0.15) is 24.5 Å². The van der Waals surface area contributed by atoms with Gasteiger partial charge in [-0.1, -0.05) is 24.3 Å². The molecule has 2 aromatic rings. The summed E-state index contributed by atoms with van der Waals surface area (Å²) < 4.78 is 18.3. The Labute approximate surface area is 125 Å². The lowest BCUT2D eigenvalue weighted by Gasteiger charge is -2.23. The van der Waals surface area contributed by atoms with Crippen molar-refractivity contribution >= 4 is 0 Å². The quantitative estimate of drug-likeness (QED) is 0.877. The van der Waals surface area contributed by atoms with Crippen molar-refractivity contribution in [2.75, 3.05) is 7.11 Å². The summed E-state index contributed by atoms with van der Waals surface area (Å²) in [5.41, 5.74) is 1.11. The molecule has 0 aliphatic heterocycles. The topological polar surface area (TPSA) is 29.5 Å². The fourth-order valence-corrected chi connectivity index (χ4v) is 2.38. The first-order chi connectivity index (χ1) is 9.98. The first kappa shape index (κ1) is 15.5. The molecule has 0 aliphatic carbocycles. The van der Waals surface area contributed by atoms with Crippen LogP contribution in [0.15, 0.2) is 48.5 Å². The highest BCUT2D eigenvalue weighted by molar-refractivity contribution is 5.27. The summed E-state index contributed by atoms with van der Waals surface area (Å²) >= 11 is 0. The number of halogens is 1. The fourth-order valence-electron chi connectivity index (χ4n) is 2.38. The first-order valence-corrected chi connectivity index (χ1v) is 7.08. The Kier molecular flexibility index (Phi) is 4.97. The normalized spacial score (nSPS) is 13.7. The molecule has 0 saturated carbocycles. The number of benzene rings is 2. The molecule has 0 bridgehead atoms. The Morgan fingerprint density at radius 3 is 2.43 bits per heavy atom. The Hall–Kier alpha value is -1.87. The van der Waals surface area contributed by atoms with Gasteiger partial charge in [0.25, 0.3) is 0 Å². The largest absolute Gasteiger partial charge is 0.497 e. The molecule has 2 rings (SSSR count). The smallest absolute Gasteiger partial charge is 0.123 e. The third kappa shape index (κ3) is 4.87. The first-order valence-electron chi connectivity index (χ1n) is 7.08. The van der Waals surface area contributed by atoms with Gasteiger partial charge in [0.05, 0.1) is 12.7 Å². The van der Waals surface area contributed by atoms with E-state index in [0.717, 1.165) is 23.3 Å². The molecule has 112 valence electrons. The van der Waals surface area contributed by atoms with Gasteiger partial charge in [0.2, 0.25) is 0 Å². The van der Waals surface area contributed by atoms with Crippen LogP contribution in [0.2, 0.25) is 0 Å². The molecule has 1 N–H and O–H groups in total. The Morgan fingerprint density at radius 2 is 1.81 bits per heavy atom. The second kappa shape index (κ2) is 6.72. The van der Waals surface area contributed by atoms with Gasteiger partial charge < -0.3 is 9.84 Å². The van der Waals surface area contributed by atoms with E-state index >= 15 is 0 Å². The number of methoxy groups -OCH3 is 1. The Morgan fingerprint density at radius 1 is 1.10 bits per heavy atom. The zero-order chi connectivity index (χ0) is 15.3. The van der Waals surface area contributed by atoms with Gasteiger partial charge in [0.15, 0.2) is 0 Å². The van der Waals surface area contributed by atoms with E-state index in [9.17, 15) is 9.50 Å². The fraction of sp³-hybridized carbons (Fsp3) is 0.333. The van der Waals surface area contributed by atoms with E-state index in [1.807, 2.05) is 30.3 Å². The summed E-state index contributed by atoms with van der Waals surface area (Å²) in [4.78, 5) is 0. The van der Waals surface area contributed by atoms with Crippen LogP contribution in [0.4, 0.5) is 4.39 Å². The molecule has 0 fully saturated rings. The van der Waals surface area contributed by atoms with Gasteiger partial charge in [0, 0.05) is 6.42 Å². The SMILES string of the molecule is COc1ccc(CCC(C)(O)Cc2cccc(F)c2)cc1. The van der Waals surface area contributed by atoms with Crippen molar-refractivity contribution in [2.45, 2.75) is 31.8 Å². The Balaban J connectivity index is 1.93. The van der Waals surface area contributed by atoms with Crippen LogP contribution >= 0.6 is 0 Å². The van der Waals surface area contributed by atoms with Crippen LogP contribution in [-0.2, 0) is 12.8 Å². The van der Waals surface area contributed by atoms with Crippen molar-refractivity contribution in [2.24, 2.45) is 0 Å². The van der Waals surface area contributed by atoms with Crippen LogP contribution in [0.25, 0.3) is 0 Å². The second-order valence-corrected chi connectivity index (χ2v) is 5.65. The second-order valence-electron chi connectivity index (χ2n) is 5.65. The van der Waals surface area contributed by atoms with Crippen LogP contribution in [0.5, 0.6) is 5.75 Å². The van der Waals surface area contributed by atoms with E-state index in [0.29, 0.717) is 12.8 Å². The molecule has 1 atom stereocenters. The van der Waals surface area contributed by atoms with Crippen molar-refractivity contribution in [3.8, 4) is 5.75 Å². The van der Waals surface area contributed by atoms with Gasteiger partial charge in [-0.2, -0.15) is 0 Å². The monoisotopic (exact) mass is 288 g/mol. The summed E-state index contributed by atoms with van der Waals surface area (Å²) in [7, 11) is 1.64. The van der Waals surface area contributed by atoms with Gasteiger partial charge in [-0.15, -0.1) is 0 Å². The molecule has 0 spiro atoms. The molecular weight excluding hydrogens is 267 g/mol. The van der Waals surface area contributed by atoms with Gasteiger partial charge in [0.1, 0.15) is 11.6 Å². The maximum absolute atomic E-state index is 13.2. The number of ether oxygens (including phenoxy) is 1. The van der Waals surface area contributed by atoms with Crippen LogP contribution in [0.3, 0.4) is 0 Å². The highest BCUT2D eigenvalue weighted by Gasteiger charge is 2.21. The minimum Gasteiger partial charge on any atom is -0.497 e. The van der Waals surface area contributed by atoms with Gasteiger partial charge in [-0.25, -0.2) is 4.39 Å². The summed E-state index contributed by atoms with van der Waals surface area (Å²) in [6, 6.07) is 14.2. The van der Waals surface area contributed by atoms with E-state index in [1.165, 1.54) is 12.1 Å². The maximum atomic E-state index is 13.2. The lowest BCUT2D eigenvalue weighted by atomic mass is 9.90. The highest BCUT2D eigenvalue weighted by Crippen LogP contribution is 2.21. The molecule has 2 nitrogen and oxygen atoms in total. The average Bonchev–Trinajstić information content (AvgIpc) is 2.45. The van der Waals surface area contributed by atoms with E-state index in [-0.39, 0.29) is 5.82 Å². The van der Waals surface area contributed by atoms with Crippen molar-refractivity contribution < 1.29 is 14.2 Å². The van der Waals surface area contributed by atoms with Crippen molar-refractivity contribution in [3.63, 3.8) is 0 Å². The predicted octanol–water partition coefficient (Wildman–Crippen LogP) is 3.76. The van der Waals surface area contributed by atoms with Crippen LogP contribution in [0, 0.1) is 5.82 Å². The summed E-state index contributed by atoms with van der Waals surface area (Å²) in [6.07, 6.45) is 1.84. The van der Waals surface area contributed by atoms with E-state index in [2.05, 4.69) is 0 Å². The lowest BCUT2D eigenvalue weighted by Crippen LogP contribution is -2.28. The van der Waals surface area contributed by atoms with Gasteiger partial charge >= 0.3 is 0 Å². The standard InChI is InChI=1S/C18H21FO2/c1-18(20,13-15-4-3-5-16(19)12-15)11-10-14-6-8-17(21-2)9-7-14/h3-9,12,20H,10-11,13H2,1-2H3. The van der Waals surface area contributed by atoms with Gasteiger partial charge in [-0.3, -0.25) is 0 Å². The molecular formula is C18H21FO2. The maximum Gasteiger partial charge on any atom is 0.123 e. The predicted molar refractivity (Wildman–Crippen MR) is 82.0 cm³/mol. The molecule has 0 aromatic heterocycles. The van der Waals surface area contributed by atoms with Crippen LogP contribution in [-0.4, -0.2) is 17.8 Å². The van der Waals surface area contributed by atoms with E-state index in [1.54, 1.807) is 20.1 Å². The number of aliphatic hydroxyl groups is 1. The third-order valence-electron chi connectivity index (χ3n) is 3.59. The number of rotatable bonds is 6. The van der Waals surface area contributed by atoms with Gasteiger partial charge in [-0.05, 0) is 55.2 Å². The highest BCUT2D eigenvalue weighted by atomic mass is 19.1. The molecule has 0 aliphatic rings. The van der Waals surface area contributed by atoms with E-state index in [4.69, 9.17) is 4.74 Å². The molecule has 0 saturated heterocycles. The lowest BCUT2D eigenvalue weighted by molar-refractivity contribution is 0.0515. The molecule has 21 heavy (non-hydrogen) atoms. The zero-order valence-electron chi connectivity index (χ0n) is 12.5. The average molecular weight is 288 g/mol. The van der Waals surface area contributed by atoms with Crippen LogP contribution < -0.4 is 4.74 Å². The number of aryl methyl sites for hydroxylation is 1. The molecule has 0 heterocycles. The molecule has 2 aromatic carbocycles. The molecule has 1 unspecified atom stereocenters. The van der Waals surface area contributed by atoms with E-state index < -0.39 is 5.60 Å². The zero-order valence-corrected chi connectivity index (χ0v) is 12.5. The van der Waals surface area contributed by atoms with Crippen molar-refractivity contribution in [1.29, 1.82) is 0 Å². The summed E-state index contributed by atoms with van der Waals surface area (Å²) in [5, 5.41) is 10.5. The number of hydrogen-bond acceptors (Lipinski definition) is 2. The number of hydrogen-bond donors (Lipinski definition) is 1. The minimum atomic E-state index is -0.853. The third-order valence-corrected chi connectivity index (χ3v) is 3.59.